The van der Waals surface area contributed by atoms with Gasteiger partial charge in [0.25, 0.3) is 0 Å². The van der Waals surface area contributed by atoms with Gasteiger partial charge in [-0.05, 0) is 18.6 Å². The molecule has 15 heavy (non-hydrogen) atoms. The predicted molar refractivity (Wildman–Crippen MR) is 59.1 cm³/mol. The largest absolute Gasteiger partial charge is 0.325 e. The van der Waals surface area contributed by atoms with Gasteiger partial charge >= 0.3 is 0 Å². The van der Waals surface area contributed by atoms with Gasteiger partial charge in [-0.2, -0.15) is 0 Å². The normalized spacial score (nSPS) is 9.93. The van der Waals surface area contributed by atoms with Crippen LogP contribution in [0.25, 0.3) is 5.52 Å². The van der Waals surface area contributed by atoms with Crippen LogP contribution in [0.4, 0.5) is 4.39 Å². The number of pyridine rings is 1. The summed E-state index contributed by atoms with van der Waals surface area (Å²) < 4.78 is 15.2. The minimum atomic E-state index is -0.236. The van der Waals surface area contributed by atoms with Crippen molar-refractivity contribution in [2.24, 2.45) is 5.73 Å². The van der Waals surface area contributed by atoms with E-state index in [1.165, 1.54) is 0 Å². The second-order valence-corrected chi connectivity index (χ2v) is 2.96. The van der Waals surface area contributed by atoms with Gasteiger partial charge in [0, 0.05) is 12.7 Å². The van der Waals surface area contributed by atoms with E-state index in [9.17, 15) is 4.39 Å². The van der Waals surface area contributed by atoms with E-state index in [0.717, 1.165) is 0 Å². The molecule has 0 atom stereocenters. The maximum absolute atomic E-state index is 13.6. The molecule has 3 nitrogen and oxygen atoms in total. The molecule has 2 aromatic heterocycles. The van der Waals surface area contributed by atoms with Gasteiger partial charge in [-0.3, -0.25) is 0 Å². The zero-order chi connectivity index (χ0) is 11.4. The lowest BCUT2D eigenvalue weighted by Crippen LogP contribution is -1.99. The molecule has 0 saturated heterocycles. The lowest BCUT2D eigenvalue weighted by molar-refractivity contribution is 0.622. The fraction of sp³-hybridized carbons (Fsp3) is 0.364. The van der Waals surface area contributed by atoms with Gasteiger partial charge < -0.3 is 10.1 Å². The molecule has 0 saturated carbocycles. The summed E-state index contributed by atoms with van der Waals surface area (Å²) in [6.45, 7) is 5.99. The zero-order valence-corrected chi connectivity index (χ0v) is 9.29. The molecule has 0 aliphatic rings. The van der Waals surface area contributed by atoms with Crippen LogP contribution < -0.4 is 5.73 Å². The first kappa shape index (κ1) is 11.7. The van der Waals surface area contributed by atoms with Crippen LogP contribution >= 0.6 is 0 Å². The van der Waals surface area contributed by atoms with Crippen molar-refractivity contribution < 1.29 is 4.39 Å². The molecule has 0 spiro atoms. The summed E-state index contributed by atoms with van der Waals surface area (Å²) in [5.74, 6) is -0.236. The van der Waals surface area contributed by atoms with Gasteiger partial charge in [-0.25, -0.2) is 9.37 Å². The standard InChI is InChI=1S/C9H10FN3.C2H6/c1-6-2-3-13-5-12-7(4-11)9(13)8(6)10;1-2/h2-3,5H,4,11H2,1H3;1-2H3. The summed E-state index contributed by atoms with van der Waals surface area (Å²) in [5, 5.41) is 0. The van der Waals surface area contributed by atoms with Crippen molar-refractivity contribution in [3.8, 4) is 0 Å². The Kier molecular flexibility index (Phi) is 3.80. The van der Waals surface area contributed by atoms with Crippen molar-refractivity contribution in [2.45, 2.75) is 27.3 Å². The van der Waals surface area contributed by atoms with Crippen LogP contribution in [0.2, 0.25) is 0 Å². The first-order valence-corrected chi connectivity index (χ1v) is 5.04. The average molecular weight is 209 g/mol. The predicted octanol–water partition coefficient (Wildman–Crippen LogP) is 2.27. The van der Waals surface area contributed by atoms with E-state index >= 15 is 0 Å². The molecule has 82 valence electrons. The molecule has 0 aliphatic carbocycles. The number of nitrogens with zero attached hydrogens (tertiary/aromatic N) is 2. The second kappa shape index (κ2) is 4.89. The number of hydrogen-bond donors (Lipinski definition) is 1. The van der Waals surface area contributed by atoms with Crippen molar-refractivity contribution in [3.63, 3.8) is 0 Å². The van der Waals surface area contributed by atoms with E-state index < -0.39 is 0 Å². The Bertz CT molecular complexity index is 448. The zero-order valence-electron chi connectivity index (χ0n) is 9.29. The molecular weight excluding hydrogens is 193 g/mol. The molecule has 0 bridgehead atoms. The molecule has 2 heterocycles. The van der Waals surface area contributed by atoms with Gasteiger partial charge in [0.2, 0.25) is 0 Å². The molecule has 0 aromatic carbocycles. The third-order valence-corrected chi connectivity index (χ3v) is 2.10. The molecule has 2 rings (SSSR count). The van der Waals surface area contributed by atoms with Crippen molar-refractivity contribution >= 4 is 5.52 Å². The number of halogens is 1. The fourth-order valence-electron chi connectivity index (χ4n) is 1.35. The van der Waals surface area contributed by atoms with Crippen LogP contribution in [0.15, 0.2) is 18.6 Å². The molecule has 2 aromatic rings. The lowest BCUT2D eigenvalue weighted by Gasteiger charge is -2.00. The van der Waals surface area contributed by atoms with Crippen LogP contribution in [0.3, 0.4) is 0 Å². The Morgan fingerprint density at radius 1 is 1.47 bits per heavy atom. The lowest BCUT2D eigenvalue weighted by atomic mass is 10.2. The third-order valence-electron chi connectivity index (χ3n) is 2.10. The SMILES string of the molecule is CC.Cc1ccn2cnc(CN)c2c1F. The Morgan fingerprint density at radius 2 is 2.13 bits per heavy atom. The van der Waals surface area contributed by atoms with Crippen LogP contribution in [0, 0.1) is 12.7 Å². The maximum atomic E-state index is 13.6. The molecule has 0 unspecified atom stereocenters. The number of hydrogen-bond acceptors (Lipinski definition) is 2. The summed E-state index contributed by atoms with van der Waals surface area (Å²) in [6, 6.07) is 1.71. The Balaban J connectivity index is 0.000000531. The fourth-order valence-corrected chi connectivity index (χ4v) is 1.35. The van der Waals surface area contributed by atoms with Gasteiger partial charge in [-0.15, -0.1) is 0 Å². The van der Waals surface area contributed by atoms with Crippen molar-refractivity contribution in [1.29, 1.82) is 0 Å². The van der Waals surface area contributed by atoms with E-state index in [1.54, 1.807) is 29.9 Å². The van der Waals surface area contributed by atoms with Crippen molar-refractivity contribution in [3.05, 3.63) is 35.7 Å². The summed E-state index contributed by atoms with van der Waals surface area (Å²) in [5.41, 5.74) is 7.14. The van der Waals surface area contributed by atoms with Crippen molar-refractivity contribution in [2.75, 3.05) is 0 Å². The molecule has 0 radical (unpaired) electrons. The van der Waals surface area contributed by atoms with Crippen molar-refractivity contribution in [1.82, 2.24) is 9.38 Å². The van der Waals surface area contributed by atoms with Gasteiger partial charge in [0.05, 0.1) is 12.0 Å². The maximum Gasteiger partial charge on any atom is 0.152 e. The first-order chi connectivity index (χ1) is 7.24. The van der Waals surface area contributed by atoms with E-state index in [-0.39, 0.29) is 12.4 Å². The number of imidazole rings is 1. The van der Waals surface area contributed by atoms with Gasteiger partial charge in [-0.1, -0.05) is 13.8 Å². The van der Waals surface area contributed by atoms with Crippen LogP contribution in [-0.2, 0) is 6.54 Å². The monoisotopic (exact) mass is 209 g/mol. The van der Waals surface area contributed by atoms with Gasteiger partial charge in [0.1, 0.15) is 5.52 Å². The van der Waals surface area contributed by atoms with Crippen LogP contribution in [-0.4, -0.2) is 9.38 Å². The Labute approximate surface area is 88.7 Å². The van der Waals surface area contributed by atoms with Crippen LogP contribution in [0.1, 0.15) is 25.1 Å². The number of fused-ring (bicyclic) bond motifs is 1. The molecule has 2 N–H and O–H groups in total. The Hall–Kier alpha value is -1.42. The minimum absolute atomic E-state index is 0.236. The number of aromatic nitrogens is 2. The topological polar surface area (TPSA) is 43.3 Å². The summed E-state index contributed by atoms with van der Waals surface area (Å²) in [7, 11) is 0. The summed E-state index contributed by atoms with van der Waals surface area (Å²) in [4.78, 5) is 4.01. The molecule has 0 amide bonds. The highest BCUT2D eigenvalue weighted by molar-refractivity contribution is 5.55. The van der Waals surface area contributed by atoms with E-state index in [1.807, 2.05) is 13.8 Å². The van der Waals surface area contributed by atoms with E-state index in [2.05, 4.69) is 4.98 Å². The first-order valence-electron chi connectivity index (χ1n) is 5.04. The summed E-state index contributed by atoms with van der Waals surface area (Å²) in [6.07, 6.45) is 3.35. The Morgan fingerprint density at radius 3 is 2.73 bits per heavy atom. The average Bonchev–Trinajstić information content (AvgIpc) is 2.70. The molecule has 0 aliphatic heterocycles. The highest BCUT2D eigenvalue weighted by Crippen LogP contribution is 2.16. The highest BCUT2D eigenvalue weighted by Gasteiger charge is 2.09. The summed E-state index contributed by atoms with van der Waals surface area (Å²) >= 11 is 0. The van der Waals surface area contributed by atoms with E-state index in [4.69, 9.17) is 5.73 Å². The van der Waals surface area contributed by atoms with Gasteiger partial charge in [0.15, 0.2) is 5.82 Å². The number of aryl methyl sites for hydroxylation is 1. The smallest absolute Gasteiger partial charge is 0.152 e. The minimum Gasteiger partial charge on any atom is -0.325 e. The molecule has 0 fully saturated rings. The number of rotatable bonds is 1. The highest BCUT2D eigenvalue weighted by atomic mass is 19.1. The molecular formula is C11H16FN3. The third kappa shape index (κ3) is 1.99. The van der Waals surface area contributed by atoms with Crippen LogP contribution in [0.5, 0.6) is 0 Å². The second-order valence-electron chi connectivity index (χ2n) is 2.96. The molecule has 4 heteroatoms. The number of nitrogens with two attached hydrogens (primary N) is 1. The van der Waals surface area contributed by atoms with E-state index in [0.29, 0.717) is 16.8 Å². The quantitative estimate of drug-likeness (QED) is 0.783.